The number of hydrogen-bond acceptors (Lipinski definition) is 3. The summed E-state index contributed by atoms with van der Waals surface area (Å²) in [5, 5.41) is 0. The molecule has 1 aliphatic carbocycles. The van der Waals surface area contributed by atoms with Gasteiger partial charge in [-0.2, -0.15) is 0 Å². The molecule has 1 aliphatic heterocycles. The zero-order valence-corrected chi connectivity index (χ0v) is 11.7. The van der Waals surface area contributed by atoms with E-state index in [-0.39, 0.29) is 11.3 Å². The van der Waals surface area contributed by atoms with Gasteiger partial charge in [-0.15, -0.1) is 0 Å². The maximum atomic E-state index is 12.2. The van der Waals surface area contributed by atoms with Crippen LogP contribution < -0.4 is 0 Å². The van der Waals surface area contributed by atoms with Crippen molar-refractivity contribution in [2.75, 3.05) is 33.2 Å². The van der Waals surface area contributed by atoms with E-state index in [1.54, 1.807) is 0 Å². The summed E-state index contributed by atoms with van der Waals surface area (Å²) >= 11 is 0. The van der Waals surface area contributed by atoms with Crippen LogP contribution in [-0.4, -0.2) is 54.9 Å². The van der Waals surface area contributed by atoms with Crippen molar-refractivity contribution >= 4 is 5.78 Å². The lowest BCUT2D eigenvalue weighted by atomic mass is 9.89. The van der Waals surface area contributed by atoms with Gasteiger partial charge in [-0.1, -0.05) is 13.8 Å². The molecule has 2 fully saturated rings. The number of Topliss-reactive ketones (excluding diaryl/α,β-unsaturated/α-hetero) is 1. The molecule has 1 heterocycles. The van der Waals surface area contributed by atoms with Crippen molar-refractivity contribution < 1.29 is 4.79 Å². The summed E-state index contributed by atoms with van der Waals surface area (Å²) in [6.45, 7) is 10.8. The van der Waals surface area contributed by atoms with Crippen molar-refractivity contribution in [2.45, 2.75) is 39.7 Å². The van der Waals surface area contributed by atoms with E-state index in [9.17, 15) is 4.79 Å². The Hall–Kier alpha value is -0.410. The van der Waals surface area contributed by atoms with E-state index < -0.39 is 0 Å². The highest BCUT2D eigenvalue weighted by molar-refractivity contribution is 5.88. The highest BCUT2D eigenvalue weighted by atomic mass is 16.1. The van der Waals surface area contributed by atoms with Crippen LogP contribution in [0.5, 0.6) is 0 Å². The van der Waals surface area contributed by atoms with Gasteiger partial charge in [0.05, 0.1) is 0 Å². The first kappa shape index (κ1) is 13.0. The predicted octanol–water partition coefficient (Wildman–Crippen LogP) is 1.63. The fourth-order valence-corrected chi connectivity index (χ4v) is 3.25. The number of carbonyl (C=O) groups is 1. The van der Waals surface area contributed by atoms with Crippen molar-refractivity contribution in [3.63, 3.8) is 0 Å². The van der Waals surface area contributed by atoms with Crippen LogP contribution >= 0.6 is 0 Å². The number of rotatable bonds is 2. The van der Waals surface area contributed by atoms with Crippen LogP contribution in [0.15, 0.2) is 0 Å². The monoisotopic (exact) mass is 238 g/mol. The fraction of sp³-hybridized carbons (Fsp3) is 0.929. The number of nitrogens with zero attached hydrogens (tertiary/aromatic N) is 2. The van der Waals surface area contributed by atoms with Crippen LogP contribution in [0.1, 0.15) is 33.6 Å². The van der Waals surface area contributed by atoms with Crippen molar-refractivity contribution in [2.24, 2.45) is 11.3 Å². The molecule has 1 saturated carbocycles. The van der Waals surface area contributed by atoms with Crippen molar-refractivity contribution in [1.82, 2.24) is 9.80 Å². The lowest BCUT2D eigenvalue weighted by Crippen LogP contribution is -2.52. The van der Waals surface area contributed by atoms with E-state index in [4.69, 9.17) is 0 Å². The third-order valence-electron chi connectivity index (χ3n) is 4.58. The van der Waals surface area contributed by atoms with Crippen LogP contribution in [-0.2, 0) is 4.79 Å². The fourth-order valence-electron chi connectivity index (χ4n) is 3.25. The second-order valence-corrected chi connectivity index (χ2v) is 6.59. The van der Waals surface area contributed by atoms with Gasteiger partial charge >= 0.3 is 0 Å². The van der Waals surface area contributed by atoms with Gasteiger partial charge in [-0.05, 0) is 26.8 Å². The van der Waals surface area contributed by atoms with Crippen LogP contribution in [0.25, 0.3) is 0 Å². The molecule has 0 aromatic carbocycles. The summed E-state index contributed by atoms with van der Waals surface area (Å²) in [4.78, 5) is 17.1. The summed E-state index contributed by atoms with van der Waals surface area (Å²) in [5.74, 6) is 0.777. The van der Waals surface area contributed by atoms with Crippen LogP contribution in [0.4, 0.5) is 0 Å². The minimum atomic E-state index is -0.0690. The summed E-state index contributed by atoms with van der Waals surface area (Å²) in [7, 11) is 2.18. The minimum absolute atomic E-state index is 0.0690. The van der Waals surface area contributed by atoms with E-state index in [1.807, 2.05) is 0 Å². The molecule has 2 rings (SSSR count). The Morgan fingerprint density at radius 2 is 2.06 bits per heavy atom. The maximum absolute atomic E-state index is 12.2. The number of ketones is 1. The summed E-state index contributed by atoms with van der Waals surface area (Å²) < 4.78 is 0. The van der Waals surface area contributed by atoms with Gasteiger partial charge in [0.25, 0.3) is 0 Å². The van der Waals surface area contributed by atoms with Gasteiger partial charge in [-0.25, -0.2) is 0 Å². The van der Waals surface area contributed by atoms with E-state index in [1.165, 1.54) is 0 Å². The molecule has 0 aromatic heterocycles. The molecule has 0 N–H and O–H groups in total. The number of likely N-dealkylation sites (N-methyl/N-ethyl adjacent to an activating group) is 1. The van der Waals surface area contributed by atoms with E-state index >= 15 is 0 Å². The van der Waals surface area contributed by atoms with E-state index in [0.29, 0.717) is 11.8 Å². The third kappa shape index (κ3) is 2.71. The van der Waals surface area contributed by atoms with Gasteiger partial charge in [-0.3, -0.25) is 9.69 Å². The molecule has 0 amide bonds. The topological polar surface area (TPSA) is 23.6 Å². The third-order valence-corrected chi connectivity index (χ3v) is 4.58. The Morgan fingerprint density at radius 1 is 1.35 bits per heavy atom. The Labute approximate surface area is 105 Å². The molecule has 1 saturated heterocycles. The average Bonchev–Trinajstić information content (AvgIpc) is 2.49. The largest absolute Gasteiger partial charge is 0.304 e. The lowest BCUT2D eigenvalue weighted by molar-refractivity contribution is -0.128. The Morgan fingerprint density at radius 3 is 2.59 bits per heavy atom. The highest BCUT2D eigenvalue weighted by Gasteiger charge is 2.41. The normalized spacial score (nSPS) is 35.4. The molecule has 3 nitrogen and oxygen atoms in total. The first-order chi connectivity index (χ1) is 7.90. The average molecular weight is 238 g/mol. The molecule has 2 atom stereocenters. The molecule has 0 aromatic rings. The first-order valence-corrected chi connectivity index (χ1v) is 6.87. The smallest absolute Gasteiger partial charge is 0.142 e. The molecule has 0 bridgehead atoms. The molecule has 2 aliphatic rings. The molecule has 2 unspecified atom stereocenters. The summed E-state index contributed by atoms with van der Waals surface area (Å²) in [6.07, 6.45) is 2.16. The zero-order valence-electron chi connectivity index (χ0n) is 11.7. The molecule has 0 spiro atoms. The molecule has 3 heteroatoms. The van der Waals surface area contributed by atoms with Crippen LogP contribution in [0.3, 0.4) is 0 Å². The van der Waals surface area contributed by atoms with Gasteiger partial charge in [0, 0.05) is 43.6 Å². The van der Waals surface area contributed by atoms with Gasteiger partial charge in [0.15, 0.2) is 0 Å². The number of carbonyl (C=O) groups excluding carboxylic acids is 1. The van der Waals surface area contributed by atoms with Gasteiger partial charge in [0.1, 0.15) is 5.78 Å². The zero-order chi connectivity index (χ0) is 12.6. The number of piperazine rings is 1. The maximum Gasteiger partial charge on any atom is 0.142 e. The first-order valence-electron chi connectivity index (χ1n) is 6.87. The molecule has 98 valence electrons. The molecular formula is C14H26N2O. The quantitative estimate of drug-likeness (QED) is 0.730. The second-order valence-electron chi connectivity index (χ2n) is 6.59. The second kappa shape index (κ2) is 4.69. The lowest BCUT2D eigenvalue weighted by Gasteiger charge is -2.39. The van der Waals surface area contributed by atoms with Crippen molar-refractivity contribution in [1.29, 1.82) is 0 Å². The molecule has 0 radical (unpaired) electrons. The Bertz CT molecular complexity index is 301. The van der Waals surface area contributed by atoms with E-state index in [2.05, 4.69) is 37.6 Å². The van der Waals surface area contributed by atoms with Crippen molar-refractivity contribution in [3.05, 3.63) is 0 Å². The molecule has 17 heavy (non-hydrogen) atoms. The van der Waals surface area contributed by atoms with E-state index in [0.717, 1.165) is 39.0 Å². The Balaban J connectivity index is 1.92. The minimum Gasteiger partial charge on any atom is -0.304 e. The Kier molecular flexibility index (Phi) is 3.60. The summed E-state index contributed by atoms with van der Waals surface area (Å²) in [5.41, 5.74) is -0.0690. The van der Waals surface area contributed by atoms with Crippen LogP contribution in [0, 0.1) is 11.3 Å². The predicted molar refractivity (Wildman–Crippen MR) is 70.0 cm³/mol. The summed E-state index contributed by atoms with van der Waals surface area (Å²) in [6, 6.07) is 0.588. The molecular weight excluding hydrogens is 212 g/mol. The van der Waals surface area contributed by atoms with Gasteiger partial charge in [0.2, 0.25) is 0 Å². The highest BCUT2D eigenvalue weighted by Crippen LogP contribution is 2.38. The van der Waals surface area contributed by atoms with Gasteiger partial charge < -0.3 is 4.90 Å². The number of hydrogen-bond donors (Lipinski definition) is 0. The SMILES string of the molecule is CC1CN(C)CCN1CC1CCC(C)(C)C1=O. The van der Waals surface area contributed by atoms with Crippen molar-refractivity contribution in [3.8, 4) is 0 Å². The van der Waals surface area contributed by atoms with Crippen LogP contribution in [0.2, 0.25) is 0 Å². The standard InChI is InChI=1S/C14H26N2O/c1-11-9-15(4)7-8-16(11)10-12-5-6-14(2,3)13(12)17/h11-12H,5-10H2,1-4H3.